The van der Waals surface area contributed by atoms with Gasteiger partial charge in [-0.1, -0.05) is 97.1 Å². The summed E-state index contributed by atoms with van der Waals surface area (Å²) in [5, 5.41) is 0. The number of aromatic nitrogens is 1. The van der Waals surface area contributed by atoms with E-state index in [9.17, 15) is 13.2 Å². The second-order valence-corrected chi connectivity index (χ2v) is 9.96. The fourth-order valence-electron chi connectivity index (χ4n) is 4.28. The third-order valence-electron chi connectivity index (χ3n) is 6.03. The summed E-state index contributed by atoms with van der Waals surface area (Å²) in [6, 6.07) is 45.1. The summed E-state index contributed by atoms with van der Waals surface area (Å²) in [4.78, 5) is 0. The van der Waals surface area contributed by atoms with Crippen molar-refractivity contribution >= 4 is 10.1 Å². The van der Waals surface area contributed by atoms with E-state index in [-0.39, 0.29) is 0 Å². The average molecular weight is 548 g/mol. The largest absolute Gasteiger partial charge is 0.741 e. The molecule has 0 aliphatic rings. The summed E-state index contributed by atoms with van der Waals surface area (Å²) in [6.45, 7) is 0. The molecule has 0 spiro atoms. The van der Waals surface area contributed by atoms with E-state index in [0.29, 0.717) is 0 Å². The van der Waals surface area contributed by atoms with Crippen LogP contribution in [0.3, 0.4) is 0 Å². The molecule has 0 saturated carbocycles. The number of pyridine rings is 1. The van der Waals surface area contributed by atoms with Gasteiger partial charge in [0, 0.05) is 22.8 Å². The van der Waals surface area contributed by atoms with Gasteiger partial charge in [0.1, 0.15) is 7.05 Å². The minimum absolute atomic E-state index is 1.19. The Kier molecular flexibility index (Phi) is 8.28. The van der Waals surface area contributed by atoms with Crippen molar-refractivity contribution in [2.75, 3.05) is 0 Å². The number of nitrogens with zero attached hydrogens (tertiary/aromatic N) is 1. The van der Waals surface area contributed by atoms with Crippen LogP contribution in [0, 0.1) is 0 Å². The quantitative estimate of drug-likeness (QED) is 0.135. The number of rotatable bonds is 4. The first-order valence-corrected chi connectivity index (χ1v) is 13.3. The fraction of sp³-hybridized carbons (Fsp3) is 0.0645. The molecular formula is C31H24F3NO3S. The molecule has 1 aromatic heterocycles. The highest BCUT2D eigenvalue weighted by molar-refractivity contribution is 7.86. The zero-order valence-electron chi connectivity index (χ0n) is 20.8. The summed E-state index contributed by atoms with van der Waals surface area (Å²) in [5.74, 6) is 0. The predicted octanol–water partition coefficient (Wildman–Crippen LogP) is 7.23. The lowest BCUT2D eigenvalue weighted by Crippen LogP contribution is -2.35. The van der Waals surface area contributed by atoms with Gasteiger partial charge in [-0.05, 0) is 35.4 Å². The van der Waals surface area contributed by atoms with Crippen molar-refractivity contribution in [1.82, 2.24) is 0 Å². The maximum Gasteiger partial charge on any atom is 0.485 e. The van der Waals surface area contributed by atoms with E-state index in [4.69, 9.17) is 13.0 Å². The van der Waals surface area contributed by atoms with Crippen LogP contribution < -0.4 is 4.57 Å². The molecule has 0 fully saturated rings. The molecule has 0 amide bonds. The van der Waals surface area contributed by atoms with Crippen LogP contribution in [0.2, 0.25) is 0 Å². The molecule has 0 bridgehead atoms. The molecule has 0 aliphatic heterocycles. The normalized spacial score (nSPS) is 11.4. The van der Waals surface area contributed by atoms with E-state index in [2.05, 4.69) is 139 Å². The molecule has 4 aromatic carbocycles. The Hall–Kier alpha value is -4.27. The number of halogens is 3. The van der Waals surface area contributed by atoms with E-state index in [1.807, 2.05) is 0 Å². The van der Waals surface area contributed by atoms with Gasteiger partial charge in [-0.2, -0.15) is 17.7 Å². The van der Waals surface area contributed by atoms with Crippen LogP contribution in [0.5, 0.6) is 0 Å². The Bertz CT molecular complexity index is 1640. The third kappa shape index (κ3) is 6.42. The Morgan fingerprint density at radius 2 is 0.974 bits per heavy atom. The topological polar surface area (TPSA) is 61.1 Å². The predicted molar refractivity (Wildman–Crippen MR) is 145 cm³/mol. The Morgan fingerprint density at radius 1 is 0.615 bits per heavy atom. The molecule has 198 valence electrons. The molecule has 0 saturated heterocycles. The SMILES string of the molecule is C[n+]1c(-c2ccccc2)cc(-c2ccccc2)c(-c2ccccc2)c1-c1ccccc1.O=S(=O)([O-])C(F)(F)F. The van der Waals surface area contributed by atoms with Crippen LogP contribution >= 0.6 is 0 Å². The van der Waals surface area contributed by atoms with Gasteiger partial charge in [0.2, 0.25) is 11.4 Å². The Balaban J connectivity index is 0.000000386. The molecular weight excluding hydrogens is 523 g/mol. The van der Waals surface area contributed by atoms with E-state index in [1.54, 1.807) is 0 Å². The van der Waals surface area contributed by atoms with Crippen molar-refractivity contribution in [3.05, 3.63) is 127 Å². The van der Waals surface area contributed by atoms with Crippen molar-refractivity contribution in [1.29, 1.82) is 0 Å². The van der Waals surface area contributed by atoms with E-state index < -0.39 is 15.6 Å². The lowest BCUT2D eigenvalue weighted by atomic mass is 9.89. The molecule has 5 rings (SSSR count). The number of alkyl halides is 3. The van der Waals surface area contributed by atoms with E-state index in [0.717, 1.165) is 0 Å². The minimum Gasteiger partial charge on any atom is -0.741 e. The van der Waals surface area contributed by atoms with Crippen molar-refractivity contribution < 1.29 is 30.7 Å². The standard InChI is InChI=1S/C30H24N.CHF3O3S/c1-31-28(24-16-8-3-9-17-24)22-27(23-14-6-2-7-15-23)29(25-18-10-4-11-19-25)30(31)26-20-12-5-13-21-26;2-1(3,4)8(5,6)7/h2-22H,1H3;(H,5,6,7)/q+1;/p-1. The molecule has 39 heavy (non-hydrogen) atoms. The van der Waals surface area contributed by atoms with Gasteiger partial charge in [-0.15, -0.1) is 0 Å². The summed E-state index contributed by atoms with van der Waals surface area (Å²) < 4.78 is 61.2. The van der Waals surface area contributed by atoms with Gasteiger partial charge in [0.15, 0.2) is 10.1 Å². The second kappa shape index (κ2) is 11.6. The van der Waals surface area contributed by atoms with E-state index in [1.165, 1.54) is 44.8 Å². The summed E-state index contributed by atoms with van der Waals surface area (Å²) in [7, 11) is -3.92. The zero-order chi connectivity index (χ0) is 28.0. The maximum atomic E-state index is 10.7. The maximum absolute atomic E-state index is 10.7. The van der Waals surface area contributed by atoms with Crippen LogP contribution in [-0.2, 0) is 17.2 Å². The molecule has 0 atom stereocenters. The summed E-state index contributed by atoms with van der Waals surface area (Å²) in [6.07, 6.45) is 0. The minimum atomic E-state index is -6.09. The average Bonchev–Trinajstić information content (AvgIpc) is 2.94. The molecule has 0 unspecified atom stereocenters. The Morgan fingerprint density at radius 3 is 1.38 bits per heavy atom. The molecule has 5 aromatic rings. The van der Waals surface area contributed by atoms with E-state index >= 15 is 0 Å². The lowest BCUT2D eigenvalue weighted by Gasteiger charge is -2.17. The zero-order valence-corrected chi connectivity index (χ0v) is 21.7. The van der Waals surface area contributed by atoms with Crippen molar-refractivity contribution in [2.24, 2.45) is 7.05 Å². The van der Waals surface area contributed by atoms with Crippen molar-refractivity contribution in [3.8, 4) is 44.8 Å². The highest BCUT2D eigenvalue weighted by Crippen LogP contribution is 2.40. The molecule has 0 N–H and O–H groups in total. The van der Waals surface area contributed by atoms with Crippen molar-refractivity contribution in [3.63, 3.8) is 0 Å². The highest BCUT2D eigenvalue weighted by Gasteiger charge is 2.37. The number of hydrogen-bond donors (Lipinski definition) is 0. The van der Waals surface area contributed by atoms with Crippen LogP contribution in [-0.4, -0.2) is 18.5 Å². The lowest BCUT2D eigenvalue weighted by molar-refractivity contribution is -0.648. The van der Waals surface area contributed by atoms with Crippen LogP contribution in [0.15, 0.2) is 127 Å². The van der Waals surface area contributed by atoms with Crippen LogP contribution in [0.25, 0.3) is 44.8 Å². The molecule has 0 radical (unpaired) electrons. The molecule has 4 nitrogen and oxygen atoms in total. The van der Waals surface area contributed by atoms with Gasteiger partial charge in [-0.25, -0.2) is 8.42 Å². The summed E-state index contributed by atoms with van der Waals surface area (Å²) >= 11 is 0. The van der Waals surface area contributed by atoms with Gasteiger partial charge >= 0.3 is 5.51 Å². The third-order valence-corrected chi connectivity index (χ3v) is 6.60. The van der Waals surface area contributed by atoms with Crippen LogP contribution in [0.4, 0.5) is 13.2 Å². The number of benzene rings is 4. The molecule has 0 aliphatic carbocycles. The fourth-order valence-corrected chi connectivity index (χ4v) is 4.28. The molecule has 8 heteroatoms. The van der Waals surface area contributed by atoms with Gasteiger partial charge < -0.3 is 4.55 Å². The Labute approximate surface area is 225 Å². The smallest absolute Gasteiger partial charge is 0.485 e. The monoisotopic (exact) mass is 547 g/mol. The van der Waals surface area contributed by atoms with Crippen LogP contribution in [0.1, 0.15) is 0 Å². The van der Waals surface area contributed by atoms with Gasteiger partial charge in [0.25, 0.3) is 0 Å². The van der Waals surface area contributed by atoms with Gasteiger partial charge in [0.05, 0.1) is 5.56 Å². The molecule has 1 heterocycles. The first-order chi connectivity index (χ1) is 18.6. The van der Waals surface area contributed by atoms with Crippen molar-refractivity contribution in [2.45, 2.75) is 5.51 Å². The van der Waals surface area contributed by atoms with Gasteiger partial charge in [-0.3, -0.25) is 0 Å². The summed E-state index contributed by atoms with van der Waals surface area (Å²) in [5.41, 5.74) is 4.10. The number of hydrogen-bond acceptors (Lipinski definition) is 3. The first kappa shape index (κ1) is 27.8. The first-order valence-electron chi connectivity index (χ1n) is 11.9. The highest BCUT2D eigenvalue weighted by atomic mass is 32.2. The second-order valence-electron chi connectivity index (χ2n) is 8.59.